The van der Waals surface area contributed by atoms with Gasteiger partial charge in [-0.15, -0.1) is 10.2 Å². The monoisotopic (exact) mass is 246 g/mol. The molecule has 1 aliphatic carbocycles. The van der Waals surface area contributed by atoms with Crippen LogP contribution in [0.4, 0.5) is 0 Å². The lowest BCUT2D eigenvalue weighted by Crippen LogP contribution is -1.93. The van der Waals surface area contributed by atoms with Crippen molar-refractivity contribution < 1.29 is 0 Å². The summed E-state index contributed by atoms with van der Waals surface area (Å²) in [4.78, 5) is 0.866. The summed E-state index contributed by atoms with van der Waals surface area (Å²) in [5.74, 6) is 1.57. The zero-order valence-corrected chi connectivity index (χ0v) is 10.1. The van der Waals surface area contributed by atoms with E-state index in [0.29, 0.717) is 5.92 Å². The van der Waals surface area contributed by atoms with Crippen LogP contribution in [0, 0.1) is 0 Å². The first-order valence-corrected chi connectivity index (χ1v) is 6.34. The fourth-order valence-corrected chi connectivity index (χ4v) is 2.70. The van der Waals surface area contributed by atoms with E-state index in [4.69, 9.17) is 0 Å². The molecule has 6 nitrogen and oxygen atoms in total. The van der Waals surface area contributed by atoms with Gasteiger partial charge in [0.1, 0.15) is 0 Å². The molecule has 0 bridgehead atoms. The molecule has 3 aromatic rings. The molecule has 1 aliphatic rings. The second-order valence-corrected chi connectivity index (χ2v) is 5.29. The molecule has 0 radical (unpaired) electrons. The van der Waals surface area contributed by atoms with Gasteiger partial charge in [-0.05, 0) is 12.8 Å². The van der Waals surface area contributed by atoms with Gasteiger partial charge in [0.15, 0.2) is 10.8 Å². The number of aryl methyl sites for hydroxylation is 1. The molecule has 0 unspecified atom stereocenters. The van der Waals surface area contributed by atoms with Gasteiger partial charge in [0, 0.05) is 19.2 Å². The Kier molecular flexibility index (Phi) is 1.71. The van der Waals surface area contributed by atoms with Crippen LogP contribution in [0.25, 0.3) is 15.5 Å². The molecule has 1 fully saturated rings. The van der Waals surface area contributed by atoms with E-state index in [1.165, 1.54) is 12.8 Å². The van der Waals surface area contributed by atoms with Crippen molar-refractivity contribution in [3.63, 3.8) is 0 Å². The van der Waals surface area contributed by atoms with Crippen molar-refractivity contribution in [3.8, 4) is 10.6 Å². The number of rotatable bonds is 2. The molecule has 1 saturated carbocycles. The molecule has 17 heavy (non-hydrogen) atoms. The molecule has 86 valence electrons. The minimum Gasteiger partial charge on any atom is -0.275 e. The molecule has 0 spiro atoms. The van der Waals surface area contributed by atoms with Gasteiger partial charge in [0.05, 0.1) is 11.8 Å². The zero-order valence-electron chi connectivity index (χ0n) is 9.24. The van der Waals surface area contributed by atoms with E-state index in [0.717, 1.165) is 21.4 Å². The molecule has 0 amide bonds. The minimum atomic E-state index is 0.564. The van der Waals surface area contributed by atoms with E-state index < -0.39 is 0 Å². The van der Waals surface area contributed by atoms with Crippen LogP contribution < -0.4 is 0 Å². The maximum atomic E-state index is 4.57. The van der Waals surface area contributed by atoms with Crippen LogP contribution in [0.3, 0.4) is 0 Å². The number of nitrogens with zero attached hydrogens (tertiary/aromatic N) is 6. The van der Waals surface area contributed by atoms with Crippen molar-refractivity contribution in [2.24, 2.45) is 7.05 Å². The summed E-state index contributed by atoms with van der Waals surface area (Å²) in [6.07, 6.45) is 6.20. The van der Waals surface area contributed by atoms with Crippen molar-refractivity contribution in [3.05, 3.63) is 18.2 Å². The highest BCUT2D eigenvalue weighted by Crippen LogP contribution is 2.39. The highest BCUT2D eigenvalue weighted by molar-refractivity contribution is 7.19. The first kappa shape index (κ1) is 9.29. The molecule has 3 aromatic heterocycles. The Balaban J connectivity index is 1.86. The first-order valence-electron chi connectivity index (χ1n) is 5.52. The molecule has 4 rings (SSSR count). The van der Waals surface area contributed by atoms with Crippen molar-refractivity contribution in [1.82, 2.24) is 29.6 Å². The van der Waals surface area contributed by atoms with E-state index >= 15 is 0 Å². The van der Waals surface area contributed by atoms with Crippen molar-refractivity contribution >= 4 is 16.3 Å². The van der Waals surface area contributed by atoms with Crippen LogP contribution in [0.5, 0.6) is 0 Å². The summed E-state index contributed by atoms with van der Waals surface area (Å²) in [5.41, 5.74) is 1.03. The van der Waals surface area contributed by atoms with Crippen molar-refractivity contribution in [2.45, 2.75) is 18.8 Å². The van der Waals surface area contributed by atoms with Crippen molar-refractivity contribution in [1.29, 1.82) is 0 Å². The summed E-state index contributed by atoms with van der Waals surface area (Å²) in [7, 11) is 1.90. The first-order chi connectivity index (χ1) is 8.31. The van der Waals surface area contributed by atoms with Crippen LogP contribution in [0.2, 0.25) is 0 Å². The Morgan fingerprint density at radius 1 is 1.35 bits per heavy atom. The van der Waals surface area contributed by atoms with Gasteiger partial charge in [-0.1, -0.05) is 11.3 Å². The van der Waals surface area contributed by atoms with Crippen LogP contribution in [0.1, 0.15) is 24.6 Å². The van der Waals surface area contributed by atoms with Crippen LogP contribution in [-0.2, 0) is 7.05 Å². The predicted octanol–water partition coefficient (Wildman–Crippen LogP) is 1.46. The molecule has 0 saturated heterocycles. The molecule has 0 aromatic carbocycles. The summed E-state index contributed by atoms with van der Waals surface area (Å²) < 4.78 is 3.66. The number of aromatic nitrogens is 6. The maximum absolute atomic E-state index is 4.57. The van der Waals surface area contributed by atoms with Gasteiger partial charge in [-0.25, -0.2) is 0 Å². The van der Waals surface area contributed by atoms with Gasteiger partial charge < -0.3 is 0 Å². The Labute approximate surface area is 101 Å². The van der Waals surface area contributed by atoms with Gasteiger partial charge in [0.2, 0.25) is 4.96 Å². The zero-order chi connectivity index (χ0) is 11.4. The number of hydrogen-bond donors (Lipinski definition) is 0. The van der Waals surface area contributed by atoms with Gasteiger partial charge >= 0.3 is 0 Å². The van der Waals surface area contributed by atoms with Gasteiger partial charge in [0.25, 0.3) is 0 Å². The Morgan fingerprint density at radius 3 is 2.94 bits per heavy atom. The van der Waals surface area contributed by atoms with E-state index in [9.17, 15) is 0 Å². The molecule has 3 heterocycles. The van der Waals surface area contributed by atoms with Crippen LogP contribution >= 0.6 is 11.3 Å². The smallest absolute Gasteiger partial charge is 0.234 e. The van der Waals surface area contributed by atoms with Gasteiger partial charge in [-0.2, -0.15) is 14.7 Å². The average molecular weight is 246 g/mol. The van der Waals surface area contributed by atoms with Gasteiger partial charge in [-0.3, -0.25) is 4.68 Å². The lowest BCUT2D eigenvalue weighted by Gasteiger charge is -1.89. The lowest BCUT2D eigenvalue weighted by molar-refractivity contribution is 0.768. The number of fused-ring (bicyclic) bond motifs is 1. The third-order valence-electron chi connectivity index (χ3n) is 2.91. The summed E-state index contributed by atoms with van der Waals surface area (Å²) in [5, 5.41) is 18.1. The van der Waals surface area contributed by atoms with Crippen LogP contribution in [-0.4, -0.2) is 29.6 Å². The van der Waals surface area contributed by atoms with Crippen molar-refractivity contribution in [2.75, 3.05) is 0 Å². The third-order valence-corrected chi connectivity index (χ3v) is 3.86. The lowest BCUT2D eigenvalue weighted by atomic mass is 10.4. The molecule has 0 atom stereocenters. The SMILES string of the molecule is Cn1cc(-c2nn3c(C4CC4)nnc3s2)cn1. The van der Waals surface area contributed by atoms with Crippen LogP contribution in [0.15, 0.2) is 12.4 Å². The summed E-state index contributed by atoms with van der Waals surface area (Å²) in [6.45, 7) is 0. The summed E-state index contributed by atoms with van der Waals surface area (Å²) in [6, 6.07) is 0. The summed E-state index contributed by atoms with van der Waals surface area (Å²) >= 11 is 1.55. The average Bonchev–Trinajstić information content (AvgIpc) is 2.73. The predicted molar refractivity (Wildman–Crippen MR) is 62.8 cm³/mol. The minimum absolute atomic E-state index is 0.564. The van der Waals surface area contributed by atoms with E-state index in [1.807, 2.05) is 24.0 Å². The fourth-order valence-electron chi connectivity index (χ4n) is 1.88. The second-order valence-electron chi connectivity index (χ2n) is 4.34. The fraction of sp³-hybridized carbons (Fsp3) is 0.400. The highest BCUT2D eigenvalue weighted by Gasteiger charge is 2.30. The van der Waals surface area contributed by atoms with E-state index in [1.54, 1.807) is 16.0 Å². The van der Waals surface area contributed by atoms with E-state index in [2.05, 4.69) is 20.4 Å². The molecular weight excluding hydrogens is 236 g/mol. The largest absolute Gasteiger partial charge is 0.275 e. The highest BCUT2D eigenvalue weighted by atomic mass is 32.1. The quantitative estimate of drug-likeness (QED) is 0.687. The molecule has 7 heteroatoms. The topological polar surface area (TPSA) is 60.9 Å². The standard InChI is InChI=1S/C10H10N6S/c1-15-5-7(4-11-15)9-14-16-8(6-2-3-6)12-13-10(16)17-9/h4-6H,2-3H2,1H3. The second kappa shape index (κ2) is 3.13. The normalized spacial score (nSPS) is 15.8. The van der Waals surface area contributed by atoms with E-state index in [-0.39, 0.29) is 0 Å². The molecular formula is C10H10N6S. The molecule has 0 aliphatic heterocycles. The third kappa shape index (κ3) is 1.39. The maximum Gasteiger partial charge on any atom is 0.234 e. The molecule has 0 N–H and O–H groups in total. The Hall–Kier alpha value is -1.76. The number of hydrogen-bond acceptors (Lipinski definition) is 5. The Bertz CT molecular complexity index is 689. The Morgan fingerprint density at radius 2 is 2.24 bits per heavy atom.